The lowest BCUT2D eigenvalue weighted by Crippen LogP contribution is -2.60. The number of benzene rings is 1. The molecule has 1 aromatic rings. The highest BCUT2D eigenvalue weighted by molar-refractivity contribution is 5.96. The third-order valence-corrected chi connectivity index (χ3v) is 7.26. The topological polar surface area (TPSA) is 292 Å². The third kappa shape index (κ3) is 14.8. The number of phenolic OH excluding ortho intramolecular Hbond substituents is 1. The lowest BCUT2D eigenvalue weighted by molar-refractivity contribution is -0.142. The molecule has 0 bridgehead atoms. The quantitative estimate of drug-likeness (QED) is 0.0662. The van der Waals surface area contributed by atoms with Gasteiger partial charge in [0.2, 0.25) is 29.5 Å². The summed E-state index contributed by atoms with van der Waals surface area (Å²) in [6.45, 7) is 6.20. The van der Waals surface area contributed by atoms with E-state index in [-0.39, 0.29) is 25.0 Å². The molecule has 0 heterocycles. The molecular formula is C31H49N7O10. The minimum absolute atomic E-state index is 0.0378. The summed E-state index contributed by atoms with van der Waals surface area (Å²) in [6.07, 6.45) is 0.217. The van der Waals surface area contributed by atoms with E-state index >= 15 is 0 Å². The van der Waals surface area contributed by atoms with E-state index in [1.165, 1.54) is 38.1 Å². The zero-order valence-corrected chi connectivity index (χ0v) is 27.7. The number of hydrogen-bond donors (Lipinski definition) is 10. The van der Waals surface area contributed by atoms with Crippen molar-refractivity contribution in [1.82, 2.24) is 26.6 Å². The van der Waals surface area contributed by atoms with Gasteiger partial charge < -0.3 is 53.4 Å². The molecule has 0 aliphatic carbocycles. The molecule has 17 heteroatoms. The predicted octanol–water partition coefficient (Wildman–Crippen LogP) is -1.54. The Labute approximate surface area is 278 Å². The van der Waals surface area contributed by atoms with Crippen LogP contribution in [-0.4, -0.2) is 99.6 Å². The Morgan fingerprint density at radius 1 is 0.688 bits per heavy atom. The molecule has 48 heavy (non-hydrogen) atoms. The maximum atomic E-state index is 13.7. The lowest BCUT2D eigenvalue weighted by atomic mass is 9.99. The number of nitrogens with one attached hydrogen (secondary N) is 5. The number of phenols is 1. The molecule has 0 aromatic heterocycles. The summed E-state index contributed by atoms with van der Waals surface area (Å²) in [5.41, 5.74) is 11.7. The second-order valence-electron chi connectivity index (χ2n) is 11.9. The van der Waals surface area contributed by atoms with Crippen LogP contribution in [0.5, 0.6) is 5.75 Å². The number of carbonyl (C=O) groups excluding carboxylic acids is 5. The molecule has 1 aromatic carbocycles. The van der Waals surface area contributed by atoms with Gasteiger partial charge in [-0.2, -0.15) is 0 Å². The first-order valence-electron chi connectivity index (χ1n) is 15.7. The van der Waals surface area contributed by atoms with Crippen molar-refractivity contribution in [3.05, 3.63) is 29.8 Å². The Kier molecular flexibility index (Phi) is 17.6. The number of carboxylic acids is 2. The molecule has 0 saturated carbocycles. The van der Waals surface area contributed by atoms with Crippen LogP contribution in [0.1, 0.15) is 65.4 Å². The van der Waals surface area contributed by atoms with Gasteiger partial charge in [-0.25, -0.2) is 0 Å². The Balaban J connectivity index is 3.33. The zero-order chi connectivity index (χ0) is 36.6. The van der Waals surface area contributed by atoms with Crippen molar-refractivity contribution in [1.29, 1.82) is 0 Å². The minimum atomic E-state index is -1.33. The molecule has 0 aliphatic heterocycles. The van der Waals surface area contributed by atoms with E-state index in [2.05, 4.69) is 26.6 Å². The number of unbranched alkanes of at least 4 members (excludes halogenated alkanes) is 1. The monoisotopic (exact) mass is 679 g/mol. The highest BCUT2D eigenvalue weighted by Crippen LogP contribution is 2.13. The predicted molar refractivity (Wildman–Crippen MR) is 173 cm³/mol. The SMILES string of the molecule is CC(C)[C@H](NC(=O)[C@H](CCC(=O)O)NC(=O)[C@H](C)N)C(=O)N[C@@H](Cc1ccc(O)cc1)C(=O)N[C@@H](CCCCN)C(=O)N[C@@H](C)C(=O)O. The van der Waals surface area contributed by atoms with Crippen molar-refractivity contribution < 1.29 is 48.9 Å². The number of amides is 5. The summed E-state index contributed by atoms with van der Waals surface area (Å²) < 4.78 is 0. The van der Waals surface area contributed by atoms with Gasteiger partial charge in [0.15, 0.2) is 0 Å². The first kappa shape index (κ1) is 41.3. The summed E-state index contributed by atoms with van der Waals surface area (Å²) in [7, 11) is 0. The van der Waals surface area contributed by atoms with Crippen LogP contribution in [0.4, 0.5) is 0 Å². The molecule has 17 nitrogen and oxygen atoms in total. The van der Waals surface area contributed by atoms with Gasteiger partial charge in [-0.1, -0.05) is 26.0 Å². The Morgan fingerprint density at radius 3 is 1.73 bits per heavy atom. The Morgan fingerprint density at radius 2 is 1.21 bits per heavy atom. The number of aliphatic carboxylic acids is 2. The minimum Gasteiger partial charge on any atom is -0.508 e. The normalized spacial score (nSPS) is 14.7. The smallest absolute Gasteiger partial charge is 0.325 e. The number of nitrogens with two attached hydrogens (primary N) is 2. The fourth-order valence-electron chi connectivity index (χ4n) is 4.38. The summed E-state index contributed by atoms with van der Waals surface area (Å²) in [5, 5.41) is 40.5. The van der Waals surface area contributed by atoms with Crippen LogP contribution in [-0.2, 0) is 40.0 Å². The van der Waals surface area contributed by atoms with Gasteiger partial charge in [-0.3, -0.25) is 33.6 Å². The van der Waals surface area contributed by atoms with Crippen LogP contribution in [0.15, 0.2) is 24.3 Å². The molecule has 0 aliphatic rings. The molecule has 0 radical (unpaired) electrons. The van der Waals surface area contributed by atoms with Gasteiger partial charge in [0.05, 0.1) is 6.04 Å². The first-order valence-corrected chi connectivity index (χ1v) is 15.7. The Bertz CT molecular complexity index is 1270. The van der Waals surface area contributed by atoms with Crippen molar-refractivity contribution in [2.45, 2.75) is 102 Å². The van der Waals surface area contributed by atoms with Crippen LogP contribution in [0, 0.1) is 5.92 Å². The van der Waals surface area contributed by atoms with Crippen LogP contribution in [0.3, 0.4) is 0 Å². The van der Waals surface area contributed by atoms with Crippen molar-refractivity contribution in [2.24, 2.45) is 17.4 Å². The van der Waals surface area contributed by atoms with Crippen LogP contribution in [0.2, 0.25) is 0 Å². The highest BCUT2D eigenvalue weighted by Gasteiger charge is 2.33. The molecule has 268 valence electrons. The summed E-state index contributed by atoms with van der Waals surface area (Å²) >= 11 is 0. The molecule has 1 rings (SSSR count). The molecule has 0 spiro atoms. The van der Waals surface area contributed by atoms with Gasteiger partial charge in [0, 0.05) is 12.8 Å². The van der Waals surface area contributed by atoms with Gasteiger partial charge in [-0.05, 0) is 69.7 Å². The Hall–Kier alpha value is -4.77. The van der Waals surface area contributed by atoms with Gasteiger partial charge in [0.25, 0.3) is 0 Å². The van der Waals surface area contributed by atoms with Crippen molar-refractivity contribution in [3.8, 4) is 5.75 Å². The average molecular weight is 680 g/mol. The number of carboxylic acid groups (broad SMARTS) is 2. The molecule has 5 amide bonds. The van der Waals surface area contributed by atoms with Gasteiger partial charge in [-0.15, -0.1) is 0 Å². The summed E-state index contributed by atoms with van der Waals surface area (Å²) in [6, 6.07) is -1.50. The molecule has 0 unspecified atom stereocenters. The van der Waals surface area contributed by atoms with E-state index in [1.807, 2.05) is 0 Å². The molecule has 6 atom stereocenters. The van der Waals surface area contributed by atoms with Gasteiger partial charge in [0.1, 0.15) is 36.0 Å². The van der Waals surface area contributed by atoms with E-state index in [1.54, 1.807) is 13.8 Å². The second-order valence-corrected chi connectivity index (χ2v) is 11.9. The van der Waals surface area contributed by atoms with E-state index < -0.39 is 90.1 Å². The van der Waals surface area contributed by atoms with Crippen molar-refractivity contribution in [3.63, 3.8) is 0 Å². The largest absolute Gasteiger partial charge is 0.508 e. The maximum Gasteiger partial charge on any atom is 0.325 e. The van der Waals surface area contributed by atoms with Crippen molar-refractivity contribution in [2.75, 3.05) is 6.54 Å². The molecule has 12 N–H and O–H groups in total. The first-order chi connectivity index (χ1) is 22.5. The molecule has 0 saturated heterocycles. The van der Waals surface area contributed by atoms with E-state index in [9.17, 15) is 43.8 Å². The number of rotatable bonds is 21. The lowest BCUT2D eigenvalue weighted by Gasteiger charge is -2.28. The van der Waals surface area contributed by atoms with Crippen LogP contribution in [0.25, 0.3) is 0 Å². The fraction of sp³-hybridized carbons (Fsp3) is 0.581. The maximum absolute atomic E-state index is 13.7. The third-order valence-electron chi connectivity index (χ3n) is 7.26. The van der Waals surface area contributed by atoms with Gasteiger partial charge >= 0.3 is 11.9 Å². The standard InChI is InChI=1S/C31H49N7O10/c1-16(2)25(38-28(44)22(12-13-24(40)41)35-26(42)17(3)33)30(46)37-23(15-19-8-10-20(39)11-9-19)29(45)36-21(7-5-6-14-32)27(43)34-18(4)31(47)48/h8-11,16-18,21-23,25,39H,5-7,12-15,32-33H2,1-4H3,(H,34,43)(H,35,42)(H,36,45)(H,37,46)(H,38,44)(H,40,41)(H,47,48)/t17-,18-,21-,22-,23-,25-/m0/s1. The van der Waals surface area contributed by atoms with E-state index in [0.29, 0.717) is 24.9 Å². The van der Waals surface area contributed by atoms with E-state index in [0.717, 1.165) is 0 Å². The number of carbonyl (C=O) groups is 7. The summed E-state index contributed by atoms with van der Waals surface area (Å²) in [5.74, 6) is -6.97. The van der Waals surface area contributed by atoms with Crippen LogP contribution < -0.4 is 38.1 Å². The average Bonchev–Trinajstić information content (AvgIpc) is 3.01. The van der Waals surface area contributed by atoms with E-state index in [4.69, 9.17) is 16.6 Å². The molecular weight excluding hydrogens is 630 g/mol. The van der Waals surface area contributed by atoms with Crippen LogP contribution >= 0.6 is 0 Å². The second kappa shape index (κ2) is 20.5. The fourth-order valence-corrected chi connectivity index (χ4v) is 4.38. The number of aromatic hydroxyl groups is 1. The highest BCUT2D eigenvalue weighted by atomic mass is 16.4. The molecule has 0 fully saturated rings. The zero-order valence-electron chi connectivity index (χ0n) is 27.7. The van der Waals surface area contributed by atoms with Crippen molar-refractivity contribution >= 4 is 41.5 Å². The summed E-state index contributed by atoms with van der Waals surface area (Å²) in [4.78, 5) is 88.2. The number of hydrogen-bond acceptors (Lipinski definition) is 10.